The Balaban J connectivity index is 1.32. The summed E-state index contributed by atoms with van der Waals surface area (Å²) < 4.78 is 11.2. The van der Waals surface area contributed by atoms with Gasteiger partial charge in [-0.15, -0.1) is 0 Å². The van der Waals surface area contributed by atoms with Crippen LogP contribution in [0.4, 0.5) is 5.69 Å². The first-order chi connectivity index (χ1) is 15.9. The molecule has 0 radical (unpaired) electrons. The third-order valence-electron chi connectivity index (χ3n) is 4.66. The molecule has 0 aliphatic carbocycles. The average Bonchev–Trinajstić information content (AvgIpc) is 3.24. The minimum atomic E-state index is -0.467. The lowest BCUT2D eigenvalue weighted by Gasteiger charge is -2.20. The molecule has 0 aromatic heterocycles. The van der Waals surface area contributed by atoms with Crippen molar-refractivity contribution in [2.24, 2.45) is 10.1 Å². The highest BCUT2D eigenvalue weighted by molar-refractivity contribution is 8.26. The van der Waals surface area contributed by atoms with Crippen LogP contribution in [0.1, 0.15) is 18.9 Å². The summed E-state index contributed by atoms with van der Waals surface area (Å²) in [6.07, 6.45) is 2.32. The van der Waals surface area contributed by atoms with Crippen molar-refractivity contribution in [3.8, 4) is 11.5 Å². The van der Waals surface area contributed by atoms with Crippen molar-refractivity contribution in [2.45, 2.75) is 13.3 Å². The van der Waals surface area contributed by atoms with E-state index in [0.29, 0.717) is 23.1 Å². The van der Waals surface area contributed by atoms with Gasteiger partial charge in [0.1, 0.15) is 29.8 Å². The molecular weight excluding hydrogens is 446 g/mol. The molecule has 168 valence electrons. The van der Waals surface area contributed by atoms with E-state index in [2.05, 4.69) is 10.1 Å². The van der Waals surface area contributed by atoms with Crippen molar-refractivity contribution in [3.63, 3.8) is 0 Å². The maximum atomic E-state index is 12.4. The Bertz CT molecular complexity index is 1190. The van der Waals surface area contributed by atoms with Gasteiger partial charge in [-0.1, -0.05) is 19.1 Å². The molecule has 0 saturated heterocycles. The third-order valence-corrected chi connectivity index (χ3v) is 5.71. The number of carbonyl (C=O) groups excluding carboxylic acids is 1. The van der Waals surface area contributed by atoms with E-state index in [0.717, 1.165) is 10.6 Å². The number of carbonyl (C=O) groups is 1. The average molecular weight is 465 g/mol. The zero-order valence-corrected chi connectivity index (χ0v) is 18.4. The molecule has 2 aliphatic rings. The van der Waals surface area contributed by atoms with E-state index in [1.54, 1.807) is 30.3 Å². The number of nitro groups is 1. The van der Waals surface area contributed by atoms with Gasteiger partial charge in [-0.2, -0.15) is 15.1 Å². The van der Waals surface area contributed by atoms with Crippen LogP contribution in [0.5, 0.6) is 11.5 Å². The van der Waals surface area contributed by atoms with E-state index in [9.17, 15) is 14.9 Å². The number of hydrazone groups is 1. The van der Waals surface area contributed by atoms with Crippen LogP contribution >= 0.6 is 11.8 Å². The lowest BCUT2D eigenvalue weighted by molar-refractivity contribution is -0.384. The molecule has 2 aliphatic heterocycles. The van der Waals surface area contributed by atoms with Crippen molar-refractivity contribution < 1.29 is 19.2 Å². The molecule has 2 heterocycles. The van der Waals surface area contributed by atoms with Crippen LogP contribution in [0.2, 0.25) is 0 Å². The predicted molar refractivity (Wildman–Crippen MR) is 126 cm³/mol. The maximum absolute atomic E-state index is 12.4. The molecule has 0 atom stereocenters. The van der Waals surface area contributed by atoms with Gasteiger partial charge in [0, 0.05) is 12.1 Å². The summed E-state index contributed by atoms with van der Waals surface area (Å²) in [7, 11) is 0. The number of fused-ring (bicyclic) bond motifs is 1. The molecule has 1 amide bonds. The monoisotopic (exact) mass is 465 g/mol. The molecule has 0 bridgehead atoms. The number of benzene rings is 2. The number of aliphatic imine (C=N–C) groups is 1. The van der Waals surface area contributed by atoms with Gasteiger partial charge in [0.2, 0.25) is 5.17 Å². The van der Waals surface area contributed by atoms with Gasteiger partial charge in [0.05, 0.1) is 10.5 Å². The zero-order chi connectivity index (χ0) is 23.4. The highest BCUT2D eigenvalue weighted by atomic mass is 32.2. The third kappa shape index (κ3) is 5.09. The number of nitrogens with one attached hydrogen (secondary N) is 1. The Hall–Kier alpha value is -3.99. The summed E-state index contributed by atoms with van der Waals surface area (Å²) in [6.45, 7) is 2.50. The fourth-order valence-electron chi connectivity index (χ4n) is 2.98. The number of nitro benzene ring substituents is 1. The lowest BCUT2D eigenvalue weighted by Crippen LogP contribution is -2.35. The maximum Gasteiger partial charge on any atom is 0.283 e. The van der Waals surface area contributed by atoms with E-state index in [1.165, 1.54) is 41.0 Å². The van der Waals surface area contributed by atoms with Gasteiger partial charge in [-0.05, 0) is 54.1 Å². The SMILES string of the molecule is CCC1=NN2C(=N)/C(=C/c3ccc(OCCOc4ccc([N+](=O)[O-])cc4)cc3)C(=O)N=C2S1. The Morgan fingerprint density at radius 1 is 1.09 bits per heavy atom. The fourth-order valence-corrected chi connectivity index (χ4v) is 3.81. The summed E-state index contributed by atoms with van der Waals surface area (Å²) >= 11 is 1.31. The van der Waals surface area contributed by atoms with Crippen molar-refractivity contribution in [1.82, 2.24) is 5.01 Å². The van der Waals surface area contributed by atoms with Crippen molar-refractivity contribution in [3.05, 3.63) is 69.8 Å². The van der Waals surface area contributed by atoms with E-state index >= 15 is 0 Å². The van der Waals surface area contributed by atoms with Crippen LogP contribution in [-0.4, -0.2) is 45.1 Å². The normalized spacial score (nSPS) is 16.4. The number of nitrogens with zero attached hydrogens (tertiary/aromatic N) is 4. The largest absolute Gasteiger partial charge is 0.490 e. The van der Waals surface area contributed by atoms with E-state index in [1.807, 2.05) is 6.92 Å². The van der Waals surface area contributed by atoms with Gasteiger partial charge in [0.25, 0.3) is 11.6 Å². The minimum Gasteiger partial charge on any atom is -0.490 e. The summed E-state index contributed by atoms with van der Waals surface area (Å²) in [5.74, 6) is 0.672. The molecule has 0 saturated carbocycles. The van der Waals surface area contributed by atoms with Gasteiger partial charge in [0.15, 0.2) is 5.84 Å². The van der Waals surface area contributed by atoms with Crippen molar-refractivity contribution in [2.75, 3.05) is 13.2 Å². The number of thioether (sulfide) groups is 1. The van der Waals surface area contributed by atoms with Gasteiger partial charge < -0.3 is 9.47 Å². The van der Waals surface area contributed by atoms with Gasteiger partial charge in [-0.25, -0.2) is 0 Å². The second-order valence-corrected chi connectivity index (χ2v) is 7.92. The smallest absolute Gasteiger partial charge is 0.283 e. The highest BCUT2D eigenvalue weighted by Crippen LogP contribution is 2.29. The van der Waals surface area contributed by atoms with Crippen LogP contribution in [-0.2, 0) is 4.79 Å². The highest BCUT2D eigenvalue weighted by Gasteiger charge is 2.35. The van der Waals surface area contributed by atoms with Crippen molar-refractivity contribution >= 4 is 45.5 Å². The molecule has 2 aromatic rings. The van der Waals surface area contributed by atoms with E-state index in [4.69, 9.17) is 14.9 Å². The molecule has 4 rings (SSSR count). The number of non-ortho nitro benzene ring substituents is 1. The second kappa shape index (κ2) is 9.65. The van der Waals surface area contributed by atoms with Crippen LogP contribution in [0.25, 0.3) is 6.08 Å². The van der Waals surface area contributed by atoms with Crippen LogP contribution in [0, 0.1) is 15.5 Å². The second-order valence-electron chi connectivity index (χ2n) is 6.88. The van der Waals surface area contributed by atoms with Crippen molar-refractivity contribution in [1.29, 1.82) is 5.41 Å². The molecule has 0 unspecified atom stereocenters. The van der Waals surface area contributed by atoms with Gasteiger partial charge in [-0.3, -0.25) is 20.3 Å². The Kier molecular flexibility index (Phi) is 6.50. The molecule has 33 heavy (non-hydrogen) atoms. The van der Waals surface area contributed by atoms with Crippen LogP contribution < -0.4 is 9.47 Å². The summed E-state index contributed by atoms with van der Waals surface area (Å²) in [4.78, 5) is 26.6. The topological polar surface area (TPSA) is 130 Å². The molecular formula is C22H19N5O5S. The lowest BCUT2D eigenvalue weighted by atomic mass is 10.1. The number of hydrogen-bond acceptors (Lipinski definition) is 8. The Labute approximate surface area is 193 Å². The number of rotatable bonds is 8. The number of hydrogen-bond donors (Lipinski definition) is 1. The molecule has 0 fully saturated rings. The minimum absolute atomic E-state index is 0.00345. The summed E-state index contributed by atoms with van der Waals surface area (Å²) in [5.41, 5.74) is 0.900. The molecule has 2 aromatic carbocycles. The van der Waals surface area contributed by atoms with Crippen LogP contribution in [0.3, 0.4) is 0 Å². The quantitative estimate of drug-likeness (QED) is 0.269. The Morgan fingerprint density at radius 2 is 1.70 bits per heavy atom. The predicted octanol–water partition coefficient (Wildman–Crippen LogP) is 4.08. The first-order valence-corrected chi connectivity index (χ1v) is 10.9. The molecule has 0 spiro atoms. The van der Waals surface area contributed by atoms with Gasteiger partial charge >= 0.3 is 0 Å². The fraction of sp³-hybridized carbons (Fsp3) is 0.182. The molecule has 1 N–H and O–H groups in total. The molecule has 11 heteroatoms. The molecule has 10 nitrogen and oxygen atoms in total. The standard InChI is InChI=1S/C22H19N5O5S/c1-2-19-25-26-20(23)18(21(28)24-22(26)33-19)13-14-3-7-16(8-4-14)31-11-12-32-17-9-5-15(6-10-17)27(29)30/h3-10,13,23H,2,11-12H2,1H3/b18-13-,23-20?. The number of amides is 1. The summed E-state index contributed by atoms with van der Waals surface area (Å²) in [6, 6.07) is 12.9. The first-order valence-electron chi connectivity index (χ1n) is 10.0. The van der Waals surface area contributed by atoms with E-state index < -0.39 is 10.8 Å². The summed E-state index contributed by atoms with van der Waals surface area (Å²) in [5, 5.41) is 25.9. The van der Waals surface area contributed by atoms with E-state index in [-0.39, 0.29) is 30.3 Å². The number of amidine groups is 2. The number of ether oxygens (including phenoxy) is 2. The van der Waals surface area contributed by atoms with Crippen LogP contribution in [0.15, 0.2) is 64.2 Å². The zero-order valence-electron chi connectivity index (χ0n) is 17.6. The Morgan fingerprint density at radius 3 is 2.27 bits per heavy atom. The first kappa shape index (κ1) is 22.2.